The fourth-order valence-electron chi connectivity index (χ4n) is 3.67. The molecule has 4 nitrogen and oxygen atoms in total. The van der Waals surface area contributed by atoms with E-state index in [1.54, 1.807) is 0 Å². The lowest BCUT2D eigenvalue weighted by Crippen LogP contribution is -2.49. The van der Waals surface area contributed by atoms with E-state index in [4.69, 9.17) is 0 Å². The smallest absolute Gasteiger partial charge is 0.408 e. The average Bonchev–Trinajstić information content (AvgIpc) is 2.81. The Kier molecular flexibility index (Phi) is 3.30. The van der Waals surface area contributed by atoms with Gasteiger partial charge in [-0.25, -0.2) is 13.6 Å². The highest BCUT2D eigenvalue weighted by molar-refractivity contribution is 5.68. The Morgan fingerprint density at radius 1 is 1.27 bits per heavy atom. The van der Waals surface area contributed by atoms with Crippen LogP contribution in [0.15, 0.2) is 18.2 Å². The van der Waals surface area contributed by atoms with Gasteiger partial charge in [0.2, 0.25) is 0 Å². The number of amides is 1. The largest absolute Gasteiger partial charge is 0.465 e. The number of nitrogens with zero attached hydrogens (tertiary/aromatic N) is 2. The van der Waals surface area contributed by atoms with Crippen LogP contribution in [0.4, 0.5) is 19.3 Å². The van der Waals surface area contributed by atoms with Gasteiger partial charge < -0.3 is 10.0 Å². The molecule has 0 bridgehead atoms. The highest BCUT2D eigenvalue weighted by Crippen LogP contribution is 2.51. The minimum Gasteiger partial charge on any atom is -0.465 e. The molecular weight excluding hydrogens is 290 g/mol. The summed E-state index contributed by atoms with van der Waals surface area (Å²) in [6.45, 7) is 6.86. The summed E-state index contributed by atoms with van der Waals surface area (Å²) in [6, 6.07) is 3.58. The van der Waals surface area contributed by atoms with Crippen molar-refractivity contribution < 1.29 is 18.7 Å². The first-order valence-corrected chi connectivity index (χ1v) is 7.42. The fraction of sp³-hybridized carbons (Fsp3) is 0.562. The molecule has 2 atom stereocenters. The van der Waals surface area contributed by atoms with E-state index in [9.17, 15) is 18.7 Å². The van der Waals surface area contributed by atoms with Crippen LogP contribution in [0, 0.1) is 23.5 Å². The van der Waals surface area contributed by atoms with Crippen molar-refractivity contribution in [1.82, 2.24) is 4.90 Å². The normalized spacial score (nSPS) is 26.8. The number of fused-ring (bicyclic) bond motifs is 1. The van der Waals surface area contributed by atoms with Crippen LogP contribution in [0.3, 0.4) is 0 Å². The molecule has 0 aromatic heterocycles. The molecule has 2 aliphatic rings. The summed E-state index contributed by atoms with van der Waals surface area (Å²) < 4.78 is 26.8. The Morgan fingerprint density at radius 3 is 2.32 bits per heavy atom. The predicted octanol–water partition coefficient (Wildman–Crippen LogP) is 3.18. The van der Waals surface area contributed by atoms with E-state index in [1.807, 2.05) is 25.7 Å². The first-order valence-electron chi connectivity index (χ1n) is 7.42. The van der Waals surface area contributed by atoms with Crippen molar-refractivity contribution in [2.24, 2.45) is 11.8 Å². The Hall–Kier alpha value is -1.85. The van der Waals surface area contributed by atoms with E-state index in [2.05, 4.69) is 0 Å². The molecule has 1 heterocycles. The molecule has 6 heteroatoms. The minimum atomic E-state index is -0.911. The lowest BCUT2D eigenvalue weighted by Gasteiger charge is -2.36. The van der Waals surface area contributed by atoms with Gasteiger partial charge in [0.15, 0.2) is 0 Å². The van der Waals surface area contributed by atoms with Gasteiger partial charge in [-0.1, -0.05) is 0 Å². The number of carbonyl (C=O) groups is 1. The van der Waals surface area contributed by atoms with Gasteiger partial charge in [-0.3, -0.25) is 4.90 Å². The zero-order valence-corrected chi connectivity index (χ0v) is 12.9. The zero-order valence-electron chi connectivity index (χ0n) is 12.9. The number of benzene rings is 1. The monoisotopic (exact) mass is 310 g/mol. The molecule has 120 valence electrons. The second-order valence-electron chi connectivity index (χ2n) is 7.14. The van der Waals surface area contributed by atoms with Crippen LogP contribution >= 0.6 is 0 Å². The summed E-state index contributed by atoms with van der Waals surface area (Å²) in [5.74, 6) is -0.711. The maximum Gasteiger partial charge on any atom is 0.408 e. The van der Waals surface area contributed by atoms with Crippen molar-refractivity contribution in [3.63, 3.8) is 0 Å². The standard InChI is InChI=1S/C16H20F2N2O2/c1-16(2,3)20(15(21)22)14-10-7-19(8-11(10)14)13-5-4-9(17)6-12(13)18/h4-6,10-11,14H,7-8H2,1-3H3,(H,21,22). The third-order valence-electron chi connectivity index (χ3n) is 4.63. The van der Waals surface area contributed by atoms with Crippen molar-refractivity contribution in [2.45, 2.75) is 32.4 Å². The zero-order chi connectivity index (χ0) is 16.2. The Labute approximate surface area is 128 Å². The van der Waals surface area contributed by atoms with Gasteiger partial charge >= 0.3 is 6.09 Å². The molecule has 1 aliphatic heterocycles. The molecule has 1 aromatic carbocycles. The minimum absolute atomic E-state index is 0.00254. The third kappa shape index (κ3) is 2.40. The van der Waals surface area contributed by atoms with Gasteiger partial charge in [-0.15, -0.1) is 0 Å². The summed E-state index contributed by atoms with van der Waals surface area (Å²) in [4.78, 5) is 14.9. The number of carboxylic acid groups (broad SMARTS) is 1. The van der Waals surface area contributed by atoms with Crippen LogP contribution in [0.1, 0.15) is 20.8 Å². The van der Waals surface area contributed by atoms with E-state index in [0.717, 1.165) is 6.07 Å². The quantitative estimate of drug-likeness (QED) is 0.912. The first-order chi connectivity index (χ1) is 10.2. The number of halogens is 2. The van der Waals surface area contributed by atoms with Crippen molar-refractivity contribution in [3.05, 3.63) is 29.8 Å². The molecule has 1 amide bonds. The highest BCUT2D eigenvalue weighted by atomic mass is 19.1. The molecular formula is C16H20F2N2O2. The predicted molar refractivity (Wildman–Crippen MR) is 79.0 cm³/mol. The lowest BCUT2D eigenvalue weighted by atomic mass is 10.1. The maximum atomic E-state index is 13.8. The molecule has 1 aromatic rings. The number of anilines is 1. The number of hydrogen-bond acceptors (Lipinski definition) is 2. The van der Waals surface area contributed by atoms with E-state index in [-0.39, 0.29) is 17.9 Å². The van der Waals surface area contributed by atoms with Crippen LogP contribution < -0.4 is 4.90 Å². The SMILES string of the molecule is CC(C)(C)N(C(=O)O)C1C2CN(c3ccc(F)cc3F)CC21. The van der Waals surface area contributed by atoms with E-state index in [0.29, 0.717) is 18.8 Å². The summed E-state index contributed by atoms with van der Waals surface area (Å²) in [7, 11) is 0. The molecule has 2 fully saturated rings. The van der Waals surface area contributed by atoms with Gasteiger partial charge in [0.05, 0.1) is 5.69 Å². The number of rotatable bonds is 2. The second-order valence-corrected chi connectivity index (χ2v) is 7.14. The number of hydrogen-bond donors (Lipinski definition) is 1. The molecule has 3 rings (SSSR count). The molecule has 1 saturated carbocycles. The summed E-state index contributed by atoms with van der Waals surface area (Å²) in [5.41, 5.74) is -0.0581. The average molecular weight is 310 g/mol. The van der Waals surface area contributed by atoms with Crippen LogP contribution in [-0.4, -0.2) is 40.8 Å². The van der Waals surface area contributed by atoms with Crippen molar-refractivity contribution >= 4 is 11.8 Å². The van der Waals surface area contributed by atoms with E-state index < -0.39 is 23.3 Å². The molecule has 0 spiro atoms. The Morgan fingerprint density at radius 2 is 1.86 bits per heavy atom. The van der Waals surface area contributed by atoms with Crippen molar-refractivity contribution in [2.75, 3.05) is 18.0 Å². The third-order valence-corrected chi connectivity index (χ3v) is 4.63. The van der Waals surface area contributed by atoms with Gasteiger partial charge in [0.25, 0.3) is 0 Å². The van der Waals surface area contributed by atoms with Gasteiger partial charge in [-0.05, 0) is 32.9 Å². The van der Waals surface area contributed by atoms with Crippen LogP contribution in [0.25, 0.3) is 0 Å². The second kappa shape index (κ2) is 4.83. The molecule has 2 unspecified atom stereocenters. The van der Waals surface area contributed by atoms with Gasteiger partial charge in [0, 0.05) is 42.6 Å². The van der Waals surface area contributed by atoms with E-state index in [1.165, 1.54) is 17.0 Å². The lowest BCUT2D eigenvalue weighted by molar-refractivity contribution is 0.0881. The molecule has 1 aliphatic carbocycles. The van der Waals surface area contributed by atoms with Crippen LogP contribution in [0.5, 0.6) is 0 Å². The molecule has 1 N–H and O–H groups in total. The van der Waals surface area contributed by atoms with Crippen LogP contribution in [-0.2, 0) is 0 Å². The molecule has 0 radical (unpaired) electrons. The highest BCUT2D eigenvalue weighted by Gasteiger charge is 2.61. The maximum absolute atomic E-state index is 13.8. The topological polar surface area (TPSA) is 43.8 Å². The molecule has 1 saturated heterocycles. The summed E-state index contributed by atoms with van der Waals surface area (Å²) in [6.07, 6.45) is -0.911. The molecule has 22 heavy (non-hydrogen) atoms. The fourth-order valence-corrected chi connectivity index (χ4v) is 3.67. The van der Waals surface area contributed by atoms with Crippen molar-refractivity contribution in [3.8, 4) is 0 Å². The van der Waals surface area contributed by atoms with Gasteiger partial charge in [-0.2, -0.15) is 0 Å². The van der Waals surface area contributed by atoms with Crippen molar-refractivity contribution in [1.29, 1.82) is 0 Å². The summed E-state index contributed by atoms with van der Waals surface area (Å²) in [5, 5.41) is 9.44. The van der Waals surface area contributed by atoms with Crippen LogP contribution in [0.2, 0.25) is 0 Å². The van der Waals surface area contributed by atoms with E-state index >= 15 is 0 Å². The Balaban J connectivity index is 1.72. The first kappa shape index (κ1) is 15.1. The summed E-state index contributed by atoms with van der Waals surface area (Å²) >= 11 is 0. The van der Waals surface area contributed by atoms with Gasteiger partial charge in [0.1, 0.15) is 11.6 Å². The number of piperidine rings is 1. The Bertz CT molecular complexity index is 603.